The molecule has 0 N–H and O–H groups in total. The predicted molar refractivity (Wildman–Crippen MR) is 79.9 cm³/mol. The van der Waals surface area contributed by atoms with Gasteiger partial charge in [0.25, 0.3) is 0 Å². The minimum Gasteiger partial charge on any atom is -0.356 e. The van der Waals surface area contributed by atoms with Crippen molar-refractivity contribution < 1.29 is 0 Å². The summed E-state index contributed by atoms with van der Waals surface area (Å²) >= 11 is 8.12. The molecular formula is C13H20ClN3S. The van der Waals surface area contributed by atoms with Gasteiger partial charge in [-0.2, -0.15) is 11.8 Å². The second kappa shape index (κ2) is 5.25. The molecule has 2 rings (SSSR count). The summed E-state index contributed by atoms with van der Waals surface area (Å²) in [4.78, 5) is 11.2. The molecule has 0 amide bonds. The van der Waals surface area contributed by atoms with Crippen molar-refractivity contribution in [2.24, 2.45) is 0 Å². The second-order valence-electron chi connectivity index (χ2n) is 5.75. The molecule has 0 aromatic carbocycles. The van der Waals surface area contributed by atoms with E-state index >= 15 is 0 Å². The van der Waals surface area contributed by atoms with E-state index in [0.29, 0.717) is 11.2 Å². The van der Waals surface area contributed by atoms with Gasteiger partial charge >= 0.3 is 0 Å². The smallest absolute Gasteiger partial charge is 0.137 e. The van der Waals surface area contributed by atoms with Crippen LogP contribution in [0.25, 0.3) is 0 Å². The second-order valence-corrected chi connectivity index (χ2v) is 7.29. The molecular weight excluding hydrogens is 266 g/mol. The Hall–Kier alpha value is -0.480. The lowest BCUT2D eigenvalue weighted by Gasteiger charge is -2.26. The fraction of sp³-hybridized carbons (Fsp3) is 0.692. The van der Waals surface area contributed by atoms with Crippen LogP contribution in [0, 0.1) is 0 Å². The average Bonchev–Trinajstić information content (AvgIpc) is 2.79. The number of hydrogen-bond donors (Lipinski definition) is 0. The Morgan fingerprint density at radius 2 is 2.11 bits per heavy atom. The molecule has 1 fully saturated rings. The van der Waals surface area contributed by atoms with Crippen molar-refractivity contribution in [1.29, 1.82) is 0 Å². The highest BCUT2D eigenvalue weighted by atomic mass is 35.5. The van der Waals surface area contributed by atoms with E-state index in [1.54, 1.807) is 0 Å². The maximum Gasteiger partial charge on any atom is 0.137 e. The van der Waals surface area contributed by atoms with E-state index in [-0.39, 0.29) is 5.41 Å². The Morgan fingerprint density at radius 3 is 2.67 bits per heavy atom. The molecule has 0 radical (unpaired) electrons. The molecule has 1 aliphatic heterocycles. The summed E-state index contributed by atoms with van der Waals surface area (Å²) in [6, 6.07) is 2.42. The Labute approximate surface area is 118 Å². The molecule has 0 bridgehead atoms. The van der Waals surface area contributed by atoms with Gasteiger partial charge in [-0.05, 0) is 12.2 Å². The molecule has 1 aromatic heterocycles. The molecule has 5 heteroatoms. The topological polar surface area (TPSA) is 29.0 Å². The monoisotopic (exact) mass is 285 g/mol. The van der Waals surface area contributed by atoms with Crippen LogP contribution in [-0.2, 0) is 5.41 Å². The van der Waals surface area contributed by atoms with Gasteiger partial charge < -0.3 is 4.90 Å². The Morgan fingerprint density at radius 1 is 1.39 bits per heavy atom. The van der Waals surface area contributed by atoms with Crippen molar-refractivity contribution in [3.63, 3.8) is 0 Å². The largest absolute Gasteiger partial charge is 0.356 e. The highest BCUT2D eigenvalue weighted by molar-refractivity contribution is 7.99. The fourth-order valence-electron chi connectivity index (χ4n) is 1.94. The zero-order valence-electron chi connectivity index (χ0n) is 11.4. The molecule has 1 unspecified atom stereocenters. The van der Waals surface area contributed by atoms with Crippen molar-refractivity contribution in [3.05, 3.63) is 17.0 Å². The third-order valence-electron chi connectivity index (χ3n) is 3.17. The Bertz CT molecular complexity index is 425. The third-order valence-corrected chi connectivity index (χ3v) is 4.51. The van der Waals surface area contributed by atoms with Gasteiger partial charge in [-0.15, -0.1) is 0 Å². The van der Waals surface area contributed by atoms with Gasteiger partial charge in [0.05, 0.1) is 0 Å². The van der Waals surface area contributed by atoms with Crippen LogP contribution < -0.4 is 4.90 Å². The first-order valence-electron chi connectivity index (χ1n) is 6.23. The molecule has 1 atom stereocenters. The van der Waals surface area contributed by atoms with Gasteiger partial charge in [0.15, 0.2) is 0 Å². The van der Waals surface area contributed by atoms with Gasteiger partial charge in [0, 0.05) is 30.3 Å². The van der Waals surface area contributed by atoms with Crippen LogP contribution in [0.2, 0.25) is 5.15 Å². The molecule has 0 spiro atoms. The number of hydrogen-bond acceptors (Lipinski definition) is 4. The molecule has 1 saturated heterocycles. The molecule has 3 nitrogen and oxygen atoms in total. The van der Waals surface area contributed by atoms with E-state index in [2.05, 4.69) is 42.7 Å². The van der Waals surface area contributed by atoms with Gasteiger partial charge in [-0.1, -0.05) is 32.4 Å². The normalized spacial score (nSPS) is 20.2. The van der Waals surface area contributed by atoms with Gasteiger partial charge in [-0.25, -0.2) is 9.97 Å². The molecule has 0 aliphatic carbocycles. The number of nitrogens with zero attached hydrogens (tertiary/aromatic N) is 3. The van der Waals surface area contributed by atoms with E-state index in [4.69, 9.17) is 11.6 Å². The quantitative estimate of drug-likeness (QED) is 0.779. The van der Waals surface area contributed by atoms with E-state index in [9.17, 15) is 0 Å². The van der Waals surface area contributed by atoms with E-state index in [1.165, 1.54) is 17.9 Å². The van der Waals surface area contributed by atoms with Crippen LogP contribution in [0.1, 0.15) is 33.0 Å². The van der Waals surface area contributed by atoms with Crippen molar-refractivity contribution in [2.45, 2.75) is 38.6 Å². The van der Waals surface area contributed by atoms with Crippen molar-refractivity contribution >= 4 is 29.2 Å². The number of halogens is 1. The van der Waals surface area contributed by atoms with Crippen molar-refractivity contribution in [1.82, 2.24) is 9.97 Å². The summed E-state index contributed by atoms with van der Waals surface area (Å²) in [5, 5.41) is 0.530. The van der Waals surface area contributed by atoms with Gasteiger partial charge in [0.1, 0.15) is 16.8 Å². The zero-order valence-corrected chi connectivity index (χ0v) is 13.0. The highest BCUT2D eigenvalue weighted by Crippen LogP contribution is 2.28. The predicted octanol–water partition coefficient (Wildman–Crippen LogP) is 3.37. The van der Waals surface area contributed by atoms with Crippen LogP contribution in [-0.4, -0.2) is 34.6 Å². The summed E-state index contributed by atoms with van der Waals surface area (Å²) in [5.74, 6) is 4.15. The third kappa shape index (κ3) is 3.09. The van der Waals surface area contributed by atoms with Gasteiger partial charge in [-0.3, -0.25) is 0 Å². The maximum absolute atomic E-state index is 6.12. The standard InChI is InChI=1S/C13H20ClN3S/c1-13(2,3)12-15-10(14)7-11(16-12)17(4)9-5-6-18-8-9/h7,9H,5-6,8H2,1-4H3. The first kappa shape index (κ1) is 13.9. The molecule has 1 aromatic rings. The summed E-state index contributed by atoms with van der Waals surface area (Å²) in [7, 11) is 2.10. The maximum atomic E-state index is 6.12. The molecule has 1 aliphatic rings. The summed E-state index contributed by atoms with van der Waals surface area (Å²) in [6.07, 6.45) is 1.22. The molecule has 2 heterocycles. The van der Waals surface area contributed by atoms with Crippen LogP contribution in [0.15, 0.2) is 6.07 Å². The Kier molecular flexibility index (Phi) is 4.07. The zero-order chi connectivity index (χ0) is 13.3. The molecule has 100 valence electrons. The average molecular weight is 286 g/mol. The lowest BCUT2D eigenvalue weighted by molar-refractivity contribution is 0.542. The summed E-state index contributed by atoms with van der Waals surface area (Å²) in [6.45, 7) is 6.32. The van der Waals surface area contributed by atoms with Crippen molar-refractivity contribution in [2.75, 3.05) is 23.5 Å². The molecule has 18 heavy (non-hydrogen) atoms. The number of thioether (sulfide) groups is 1. The van der Waals surface area contributed by atoms with E-state index < -0.39 is 0 Å². The highest BCUT2D eigenvalue weighted by Gasteiger charge is 2.24. The minimum atomic E-state index is -0.0785. The lowest BCUT2D eigenvalue weighted by Crippen LogP contribution is -2.32. The van der Waals surface area contributed by atoms with Crippen LogP contribution in [0.5, 0.6) is 0 Å². The first-order chi connectivity index (χ1) is 8.38. The minimum absolute atomic E-state index is 0.0785. The van der Waals surface area contributed by atoms with Crippen LogP contribution in [0.3, 0.4) is 0 Å². The number of aromatic nitrogens is 2. The fourth-order valence-corrected chi connectivity index (χ4v) is 3.38. The van der Waals surface area contributed by atoms with Crippen molar-refractivity contribution in [3.8, 4) is 0 Å². The summed E-state index contributed by atoms with van der Waals surface area (Å²) in [5.41, 5.74) is -0.0785. The van der Waals surface area contributed by atoms with E-state index in [1.807, 2.05) is 17.8 Å². The van der Waals surface area contributed by atoms with Crippen LogP contribution >= 0.6 is 23.4 Å². The first-order valence-corrected chi connectivity index (χ1v) is 7.77. The summed E-state index contributed by atoms with van der Waals surface area (Å²) < 4.78 is 0. The van der Waals surface area contributed by atoms with Gasteiger partial charge in [0.2, 0.25) is 0 Å². The lowest BCUT2D eigenvalue weighted by atomic mass is 9.96. The molecule has 0 saturated carbocycles. The number of anilines is 1. The SMILES string of the molecule is CN(c1cc(Cl)nc(C(C)(C)C)n1)C1CCSC1. The van der Waals surface area contributed by atoms with E-state index in [0.717, 1.165) is 11.6 Å². The Balaban J connectivity index is 2.29. The number of rotatable bonds is 2. The van der Waals surface area contributed by atoms with Crippen LogP contribution in [0.4, 0.5) is 5.82 Å².